The van der Waals surface area contributed by atoms with Gasteiger partial charge in [-0.1, -0.05) is 51.0 Å². The SMILES string of the molecule is CCC=CC(C)/C(C)=C\CCC. The van der Waals surface area contributed by atoms with E-state index in [1.54, 1.807) is 0 Å². The third kappa shape index (κ3) is 5.17. The Bertz CT molecular complexity index is 151. The molecule has 70 valence electrons. The van der Waals surface area contributed by atoms with Crippen LogP contribution in [-0.4, -0.2) is 0 Å². The average molecular weight is 166 g/mol. The second-order valence-electron chi connectivity index (χ2n) is 3.36. The summed E-state index contributed by atoms with van der Waals surface area (Å²) in [5.74, 6) is 0.622. The summed E-state index contributed by atoms with van der Waals surface area (Å²) < 4.78 is 0. The van der Waals surface area contributed by atoms with Gasteiger partial charge in [-0.15, -0.1) is 0 Å². The molecule has 0 nitrogen and oxygen atoms in total. The van der Waals surface area contributed by atoms with Gasteiger partial charge in [0.1, 0.15) is 0 Å². The molecule has 0 aliphatic rings. The van der Waals surface area contributed by atoms with Crippen LogP contribution in [0.1, 0.15) is 47.0 Å². The summed E-state index contributed by atoms with van der Waals surface area (Å²) in [6.07, 6.45) is 10.5. The molecule has 0 heteroatoms. The minimum absolute atomic E-state index is 0.622. The van der Waals surface area contributed by atoms with Gasteiger partial charge in [0.15, 0.2) is 0 Å². The van der Waals surface area contributed by atoms with Crippen molar-refractivity contribution in [1.82, 2.24) is 0 Å². The Morgan fingerprint density at radius 3 is 2.50 bits per heavy atom. The van der Waals surface area contributed by atoms with Crippen LogP contribution in [0.2, 0.25) is 0 Å². The highest BCUT2D eigenvalue weighted by Gasteiger charge is 1.97. The lowest BCUT2D eigenvalue weighted by Gasteiger charge is -2.06. The van der Waals surface area contributed by atoms with Crippen LogP contribution in [0, 0.1) is 5.92 Å². The lowest BCUT2D eigenvalue weighted by atomic mass is 10.0. The molecule has 0 radical (unpaired) electrons. The van der Waals surface area contributed by atoms with Gasteiger partial charge in [0.05, 0.1) is 0 Å². The van der Waals surface area contributed by atoms with Crippen molar-refractivity contribution in [2.45, 2.75) is 47.0 Å². The van der Waals surface area contributed by atoms with E-state index in [1.807, 2.05) is 0 Å². The van der Waals surface area contributed by atoms with E-state index in [9.17, 15) is 0 Å². The highest BCUT2D eigenvalue weighted by molar-refractivity contribution is 5.09. The molecular weight excluding hydrogens is 144 g/mol. The first kappa shape index (κ1) is 11.5. The van der Waals surface area contributed by atoms with Crippen molar-refractivity contribution in [3.05, 3.63) is 23.8 Å². The van der Waals surface area contributed by atoms with Crippen molar-refractivity contribution >= 4 is 0 Å². The zero-order valence-corrected chi connectivity index (χ0v) is 8.93. The van der Waals surface area contributed by atoms with E-state index in [0.29, 0.717) is 5.92 Å². The highest BCUT2D eigenvalue weighted by atomic mass is 14.0. The Morgan fingerprint density at radius 1 is 1.33 bits per heavy atom. The van der Waals surface area contributed by atoms with E-state index in [2.05, 4.69) is 45.9 Å². The Morgan fingerprint density at radius 2 is 2.00 bits per heavy atom. The van der Waals surface area contributed by atoms with Crippen LogP contribution in [0.5, 0.6) is 0 Å². The molecule has 0 saturated carbocycles. The van der Waals surface area contributed by atoms with Crippen molar-refractivity contribution in [1.29, 1.82) is 0 Å². The fraction of sp³-hybridized carbons (Fsp3) is 0.667. The highest BCUT2D eigenvalue weighted by Crippen LogP contribution is 2.12. The second kappa shape index (κ2) is 7.15. The van der Waals surface area contributed by atoms with Gasteiger partial charge in [-0.25, -0.2) is 0 Å². The maximum atomic E-state index is 2.35. The molecule has 0 aromatic rings. The first-order chi connectivity index (χ1) is 5.72. The Balaban J connectivity index is 3.90. The van der Waals surface area contributed by atoms with Crippen LogP contribution >= 0.6 is 0 Å². The molecule has 0 aromatic heterocycles. The minimum atomic E-state index is 0.622. The van der Waals surface area contributed by atoms with E-state index in [1.165, 1.54) is 18.4 Å². The molecule has 0 fully saturated rings. The predicted molar refractivity (Wildman–Crippen MR) is 57.3 cm³/mol. The fourth-order valence-electron chi connectivity index (χ4n) is 1.05. The molecule has 0 rings (SSSR count). The summed E-state index contributed by atoms with van der Waals surface area (Å²) in [6, 6.07) is 0. The summed E-state index contributed by atoms with van der Waals surface area (Å²) in [5.41, 5.74) is 1.50. The molecule has 0 bridgehead atoms. The van der Waals surface area contributed by atoms with Crippen LogP contribution in [0.15, 0.2) is 23.8 Å². The first-order valence-corrected chi connectivity index (χ1v) is 5.05. The smallest absolute Gasteiger partial charge is 0.00544 e. The van der Waals surface area contributed by atoms with Crippen molar-refractivity contribution in [3.8, 4) is 0 Å². The van der Waals surface area contributed by atoms with Crippen molar-refractivity contribution in [2.24, 2.45) is 5.92 Å². The normalized spacial score (nSPS) is 15.5. The van der Waals surface area contributed by atoms with Gasteiger partial charge in [-0.2, -0.15) is 0 Å². The lowest BCUT2D eigenvalue weighted by molar-refractivity contribution is 0.832. The third-order valence-electron chi connectivity index (χ3n) is 2.13. The molecular formula is C12H22. The molecule has 0 amide bonds. The second-order valence-corrected chi connectivity index (χ2v) is 3.36. The topological polar surface area (TPSA) is 0 Å². The molecule has 0 heterocycles. The van der Waals surface area contributed by atoms with Crippen LogP contribution in [0.4, 0.5) is 0 Å². The van der Waals surface area contributed by atoms with E-state index in [4.69, 9.17) is 0 Å². The summed E-state index contributed by atoms with van der Waals surface area (Å²) in [7, 11) is 0. The van der Waals surface area contributed by atoms with Gasteiger partial charge in [0.2, 0.25) is 0 Å². The molecule has 1 atom stereocenters. The number of unbranched alkanes of at least 4 members (excludes halogenated alkanes) is 1. The lowest BCUT2D eigenvalue weighted by Crippen LogP contribution is -1.90. The first-order valence-electron chi connectivity index (χ1n) is 5.05. The molecule has 0 N–H and O–H groups in total. The molecule has 0 aliphatic carbocycles. The standard InChI is InChI=1S/C12H22/c1-5-7-9-11(3)12(4)10-8-6-2/h7,9-11H,5-6,8H2,1-4H3/b9-7?,12-10-. The zero-order valence-electron chi connectivity index (χ0n) is 8.93. The Kier molecular flexibility index (Phi) is 6.84. The van der Waals surface area contributed by atoms with Crippen molar-refractivity contribution in [2.75, 3.05) is 0 Å². The summed E-state index contributed by atoms with van der Waals surface area (Å²) >= 11 is 0. The van der Waals surface area contributed by atoms with Gasteiger partial charge in [0.25, 0.3) is 0 Å². The number of rotatable bonds is 5. The largest absolute Gasteiger partial charge is 0.0882 e. The van der Waals surface area contributed by atoms with E-state index >= 15 is 0 Å². The van der Waals surface area contributed by atoms with Gasteiger partial charge >= 0.3 is 0 Å². The molecule has 12 heavy (non-hydrogen) atoms. The predicted octanol–water partition coefficient (Wildman–Crippen LogP) is 4.34. The van der Waals surface area contributed by atoms with Gasteiger partial charge in [-0.05, 0) is 25.7 Å². The van der Waals surface area contributed by atoms with Crippen LogP contribution in [-0.2, 0) is 0 Å². The average Bonchev–Trinajstić information content (AvgIpc) is 2.10. The molecule has 0 spiro atoms. The quantitative estimate of drug-likeness (QED) is 0.533. The van der Waals surface area contributed by atoms with Gasteiger partial charge in [-0.3, -0.25) is 0 Å². The monoisotopic (exact) mass is 166 g/mol. The molecule has 0 aromatic carbocycles. The third-order valence-corrected chi connectivity index (χ3v) is 2.13. The van der Waals surface area contributed by atoms with Crippen LogP contribution in [0.25, 0.3) is 0 Å². The van der Waals surface area contributed by atoms with Crippen molar-refractivity contribution < 1.29 is 0 Å². The summed E-state index contributed by atoms with van der Waals surface area (Å²) in [6.45, 7) is 8.87. The number of allylic oxidation sites excluding steroid dienone is 4. The Labute approximate surface area is 77.4 Å². The van der Waals surface area contributed by atoms with E-state index < -0.39 is 0 Å². The van der Waals surface area contributed by atoms with Gasteiger partial charge < -0.3 is 0 Å². The fourth-order valence-corrected chi connectivity index (χ4v) is 1.05. The van der Waals surface area contributed by atoms with Crippen molar-refractivity contribution in [3.63, 3.8) is 0 Å². The molecule has 1 unspecified atom stereocenters. The minimum Gasteiger partial charge on any atom is -0.0882 e. The Hall–Kier alpha value is -0.520. The summed E-state index contributed by atoms with van der Waals surface area (Å²) in [5, 5.41) is 0. The summed E-state index contributed by atoms with van der Waals surface area (Å²) in [4.78, 5) is 0. The van der Waals surface area contributed by atoms with E-state index in [-0.39, 0.29) is 0 Å². The zero-order chi connectivity index (χ0) is 9.40. The molecule has 0 saturated heterocycles. The van der Waals surface area contributed by atoms with Crippen LogP contribution < -0.4 is 0 Å². The maximum Gasteiger partial charge on any atom is -0.00544 e. The maximum absolute atomic E-state index is 2.35. The number of hydrogen-bond acceptors (Lipinski definition) is 0. The van der Waals surface area contributed by atoms with E-state index in [0.717, 1.165) is 6.42 Å². The van der Waals surface area contributed by atoms with Crippen LogP contribution in [0.3, 0.4) is 0 Å². The molecule has 0 aliphatic heterocycles. The van der Waals surface area contributed by atoms with Gasteiger partial charge in [0, 0.05) is 0 Å². The number of hydrogen-bond donors (Lipinski definition) is 0.